The summed E-state index contributed by atoms with van der Waals surface area (Å²) in [7, 11) is 0. The maximum Gasteiger partial charge on any atom is 0.220 e. The zero-order valence-electron chi connectivity index (χ0n) is 5.02. The number of nitriles is 1. The molecule has 0 saturated carbocycles. The molecule has 0 atom stereocenters. The molecule has 7 heteroatoms. The van der Waals surface area contributed by atoms with Crippen LogP contribution >= 0.6 is 0 Å². The van der Waals surface area contributed by atoms with E-state index < -0.39 is 0 Å². The number of nitrogens with two attached hydrogens (primary N) is 1. The van der Waals surface area contributed by atoms with Crippen molar-refractivity contribution in [1.82, 2.24) is 16.2 Å². The van der Waals surface area contributed by atoms with Crippen LogP contribution < -0.4 is 21.9 Å². The molecular weight excluding hydrogens is 134 g/mol. The number of nitrogens with zero attached hydrogens (tertiary/aromatic N) is 1. The smallest absolute Gasteiger partial charge is 0.220 e. The van der Waals surface area contributed by atoms with E-state index in [9.17, 15) is 0 Å². The number of rotatable bonds is 0. The van der Waals surface area contributed by atoms with Crippen LogP contribution in [-0.2, 0) is 0 Å². The predicted molar refractivity (Wildman–Crippen MR) is 34.7 cm³/mol. The van der Waals surface area contributed by atoms with E-state index in [1.165, 1.54) is 6.19 Å². The first-order valence-electron chi connectivity index (χ1n) is 2.26. The van der Waals surface area contributed by atoms with Gasteiger partial charge in [-0.2, -0.15) is 5.26 Å². The molecule has 0 aliphatic carbocycles. The summed E-state index contributed by atoms with van der Waals surface area (Å²) < 4.78 is 0. The summed E-state index contributed by atoms with van der Waals surface area (Å²) in [6.07, 6.45) is 1.50. The highest BCUT2D eigenvalue weighted by Crippen LogP contribution is 1.50. The molecule has 0 spiro atoms. The van der Waals surface area contributed by atoms with Crippen molar-refractivity contribution in [3.63, 3.8) is 0 Å². The van der Waals surface area contributed by atoms with Gasteiger partial charge in [-0.25, -0.2) is 0 Å². The Bertz CT molecular complexity index is 176. The summed E-state index contributed by atoms with van der Waals surface area (Å²) >= 11 is 0. The first kappa shape index (κ1) is 8.03. The minimum absolute atomic E-state index is 0.266. The van der Waals surface area contributed by atoms with Gasteiger partial charge in [0, 0.05) is 0 Å². The van der Waals surface area contributed by atoms with E-state index in [0.717, 1.165) is 0 Å². The highest BCUT2D eigenvalue weighted by Gasteiger charge is 1.89. The van der Waals surface area contributed by atoms with E-state index >= 15 is 0 Å². The van der Waals surface area contributed by atoms with E-state index in [1.54, 1.807) is 0 Å². The van der Waals surface area contributed by atoms with Crippen molar-refractivity contribution in [3.8, 4) is 6.19 Å². The second-order valence-corrected chi connectivity index (χ2v) is 1.28. The molecule has 10 heavy (non-hydrogen) atoms. The maximum atomic E-state index is 7.95. The van der Waals surface area contributed by atoms with Gasteiger partial charge >= 0.3 is 0 Å². The zero-order valence-corrected chi connectivity index (χ0v) is 5.02. The van der Waals surface area contributed by atoms with Crippen LogP contribution in [0.25, 0.3) is 0 Å². The fraction of sp³-hybridized carbons (Fsp3) is 0. The fourth-order valence-corrected chi connectivity index (χ4v) is 0.217. The molecule has 0 aromatic rings. The molecule has 0 saturated heterocycles. The Hall–Kier alpha value is -1.97. The molecular formula is C3H7N7. The molecule has 0 radical (unpaired) electrons. The lowest BCUT2D eigenvalue weighted by atomic mass is 10.9. The van der Waals surface area contributed by atoms with Gasteiger partial charge in [0.05, 0.1) is 0 Å². The molecule has 0 aromatic heterocycles. The van der Waals surface area contributed by atoms with Crippen molar-refractivity contribution in [2.45, 2.75) is 0 Å². The third-order valence-corrected chi connectivity index (χ3v) is 0.503. The third-order valence-electron chi connectivity index (χ3n) is 0.503. The molecule has 0 amide bonds. The SMILES string of the molecule is N#CNC(=N)NNC(=N)N. The van der Waals surface area contributed by atoms with Crippen molar-refractivity contribution in [3.05, 3.63) is 0 Å². The van der Waals surface area contributed by atoms with Crippen LogP contribution in [0.5, 0.6) is 0 Å². The van der Waals surface area contributed by atoms with Gasteiger partial charge in [0.25, 0.3) is 0 Å². The minimum atomic E-state index is -0.329. The maximum absolute atomic E-state index is 7.95. The molecule has 0 aromatic carbocycles. The quantitative estimate of drug-likeness (QED) is 0.0761. The molecule has 0 aliphatic rings. The lowest BCUT2D eigenvalue weighted by molar-refractivity contribution is 0.816. The summed E-state index contributed by atoms with van der Waals surface area (Å²) in [5.74, 6) is -0.595. The number of hydrogen-bond donors (Lipinski definition) is 6. The Morgan fingerprint density at radius 1 is 1.40 bits per heavy atom. The van der Waals surface area contributed by atoms with E-state index in [2.05, 4.69) is 10.9 Å². The van der Waals surface area contributed by atoms with Crippen molar-refractivity contribution >= 4 is 11.9 Å². The molecule has 0 unspecified atom stereocenters. The monoisotopic (exact) mass is 141 g/mol. The van der Waals surface area contributed by atoms with Crippen LogP contribution in [0, 0.1) is 22.3 Å². The van der Waals surface area contributed by atoms with Crippen molar-refractivity contribution in [2.75, 3.05) is 0 Å². The summed E-state index contributed by atoms with van der Waals surface area (Å²) in [4.78, 5) is 0. The molecule has 0 fully saturated rings. The van der Waals surface area contributed by atoms with Gasteiger partial charge in [0.1, 0.15) is 0 Å². The molecule has 0 heterocycles. The van der Waals surface area contributed by atoms with E-state index in [4.69, 9.17) is 21.8 Å². The molecule has 0 bridgehead atoms. The number of hydrogen-bond acceptors (Lipinski definition) is 3. The van der Waals surface area contributed by atoms with Gasteiger partial charge in [0.15, 0.2) is 6.19 Å². The summed E-state index contributed by atoms with van der Waals surface area (Å²) in [5, 5.41) is 23.4. The van der Waals surface area contributed by atoms with Crippen LogP contribution in [0.1, 0.15) is 0 Å². The van der Waals surface area contributed by atoms with Gasteiger partial charge < -0.3 is 5.73 Å². The lowest BCUT2D eigenvalue weighted by Gasteiger charge is -2.04. The Morgan fingerprint density at radius 3 is 2.40 bits per heavy atom. The second-order valence-electron chi connectivity index (χ2n) is 1.28. The van der Waals surface area contributed by atoms with Crippen LogP contribution in [0.2, 0.25) is 0 Å². The van der Waals surface area contributed by atoms with Crippen molar-refractivity contribution in [2.24, 2.45) is 5.73 Å². The first-order valence-corrected chi connectivity index (χ1v) is 2.26. The predicted octanol–water partition coefficient (Wildman–Crippen LogP) is -2.02. The minimum Gasteiger partial charge on any atom is -0.369 e. The third kappa shape index (κ3) is 4.20. The van der Waals surface area contributed by atoms with E-state index in [-0.39, 0.29) is 11.9 Å². The van der Waals surface area contributed by atoms with Crippen LogP contribution in [0.4, 0.5) is 0 Å². The van der Waals surface area contributed by atoms with Gasteiger partial charge in [-0.15, -0.1) is 0 Å². The van der Waals surface area contributed by atoms with Gasteiger partial charge in [0.2, 0.25) is 11.9 Å². The molecule has 0 aliphatic heterocycles. The van der Waals surface area contributed by atoms with Crippen LogP contribution in [-0.4, -0.2) is 11.9 Å². The average molecular weight is 141 g/mol. The topological polar surface area (TPSA) is 134 Å². The van der Waals surface area contributed by atoms with Crippen molar-refractivity contribution < 1.29 is 0 Å². The number of nitrogens with one attached hydrogen (secondary N) is 5. The Labute approximate surface area is 57.2 Å². The molecule has 7 N–H and O–H groups in total. The van der Waals surface area contributed by atoms with E-state index in [1.807, 2.05) is 5.32 Å². The largest absolute Gasteiger partial charge is 0.369 e. The fourth-order valence-electron chi connectivity index (χ4n) is 0.217. The number of hydrazine groups is 1. The zero-order chi connectivity index (χ0) is 7.98. The molecule has 7 nitrogen and oxygen atoms in total. The Balaban J connectivity index is 3.42. The highest BCUT2D eigenvalue weighted by atomic mass is 15.4. The average Bonchev–Trinajstić information content (AvgIpc) is 1.85. The van der Waals surface area contributed by atoms with Crippen molar-refractivity contribution in [1.29, 1.82) is 16.1 Å². The standard InChI is InChI=1S/C3H7N7/c4-1-8-3(7)10-9-2(5)6/h(H4,5,6,9)(H3,7,8,10). The van der Waals surface area contributed by atoms with E-state index in [0.29, 0.717) is 0 Å². The Kier molecular flexibility index (Phi) is 3.18. The second kappa shape index (κ2) is 3.96. The normalized spacial score (nSPS) is 7.10. The Morgan fingerprint density at radius 2 is 2.00 bits per heavy atom. The lowest BCUT2D eigenvalue weighted by Crippen LogP contribution is -2.48. The first-order chi connectivity index (χ1) is 4.66. The van der Waals surface area contributed by atoms with Gasteiger partial charge in [-0.05, 0) is 0 Å². The van der Waals surface area contributed by atoms with Gasteiger partial charge in [-0.1, -0.05) is 0 Å². The number of guanidine groups is 2. The molecule has 0 rings (SSSR count). The summed E-state index contributed by atoms with van der Waals surface area (Å²) in [5.41, 5.74) is 9.08. The van der Waals surface area contributed by atoms with Crippen LogP contribution in [0.3, 0.4) is 0 Å². The molecule has 54 valence electrons. The summed E-state index contributed by atoms with van der Waals surface area (Å²) in [6, 6.07) is 0. The van der Waals surface area contributed by atoms with Crippen LogP contribution in [0.15, 0.2) is 0 Å². The highest BCUT2D eigenvalue weighted by molar-refractivity contribution is 5.82. The van der Waals surface area contributed by atoms with Gasteiger partial charge in [-0.3, -0.25) is 27.0 Å². The summed E-state index contributed by atoms with van der Waals surface area (Å²) in [6.45, 7) is 0.